The maximum Gasteiger partial charge on any atom is 0.335 e. The summed E-state index contributed by atoms with van der Waals surface area (Å²) in [7, 11) is 0. The van der Waals surface area contributed by atoms with Crippen molar-refractivity contribution in [2.75, 3.05) is 13.2 Å². The van der Waals surface area contributed by atoms with Gasteiger partial charge in [-0.1, -0.05) is 54.1 Å². The number of hydrogen-bond acceptors (Lipinski definition) is 4. The molecule has 1 fully saturated rings. The number of rotatable bonds is 12. The van der Waals surface area contributed by atoms with Crippen LogP contribution in [0.5, 0.6) is 0 Å². The number of ether oxygens (including phenoxy) is 1. The minimum atomic E-state index is -0.937. The van der Waals surface area contributed by atoms with Crippen LogP contribution in [0.4, 0.5) is 4.39 Å². The Kier molecular flexibility index (Phi) is 8.89. The van der Waals surface area contributed by atoms with E-state index in [4.69, 9.17) is 16.3 Å². The standard InChI is InChI=1S/C31H35ClFNO4/c1-19-14-22(11-12-24(19)30(36)37)25-6-4-5-7-26(25)29(21-9-10-21)38-18-23(35)17-34-31(2,3)16-20-8-13-27(32)28(33)15-20/h4-8,11-15,21,23,29,34-35H,9-10,16-18H2,1-3H3,(H,36,37). The zero-order valence-electron chi connectivity index (χ0n) is 22.0. The van der Waals surface area contributed by atoms with Crippen LogP contribution >= 0.6 is 11.6 Å². The summed E-state index contributed by atoms with van der Waals surface area (Å²) in [6.45, 7) is 6.32. The van der Waals surface area contributed by atoms with Gasteiger partial charge in [0, 0.05) is 12.1 Å². The lowest BCUT2D eigenvalue weighted by Crippen LogP contribution is -2.46. The molecule has 38 heavy (non-hydrogen) atoms. The molecule has 3 aromatic rings. The third-order valence-electron chi connectivity index (χ3n) is 7.00. The van der Waals surface area contributed by atoms with Crippen molar-refractivity contribution in [1.29, 1.82) is 0 Å². The van der Waals surface area contributed by atoms with Gasteiger partial charge in [0.1, 0.15) is 5.82 Å². The molecular weight excluding hydrogens is 505 g/mol. The lowest BCUT2D eigenvalue weighted by Gasteiger charge is -2.29. The van der Waals surface area contributed by atoms with E-state index in [0.29, 0.717) is 30.0 Å². The molecule has 2 atom stereocenters. The minimum Gasteiger partial charge on any atom is -0.478 e. The minimum absolute atomic E-state index is 0.103. The molecule has 0 amide bonds. The van der Waals surface area contributed by atoms with Gasteiger partial charge in [-0.05, 0) is 92.0 Å². The summed E-state index contributed by atoms with van der Waals surface area (Å²) in [6, 6.07) is 18.2. The van der Waals surface area contributed by atoms with E-state index in [1.54, 1.807) is 19.1 Å². The first kappa shape index (κ1) is 28.2. The van der Waals surface area contributed by atoms with Crippen molar-refractivity contribution in [2.24, 2.45) is 5.92 Å². The number of hydrogen-bond donors (Lipinski definition) is 3. The van der Waals surface area contributed by atoms with E-state index in [1.807, 2.05) is 50.2 Å². The van der Waals surface area contributed by atoms with Crippen LogP contribution in [0.2, 0.25) is 5.02 Å². The van der Waals surface area contributed by atoms with Crippen LogP contribution in [0, 0.1) is 18.7 Å². The predicted molar refractivity (Wildman–Crippen MR) is 148 cm³/mol. The number of aryl methyl sites for hydroxylation is 1. The molecule has 0 bridgehead atoms. The normalized spacial score (nSPS) is 15.3. The largest absolute Gasteiger partial charge is 0.478 e. The van der Waals surface area contributed by atoms with Crippen LogP contribution in [0.3, 0.4) is 0 Å². The smallest absolute Gasteiger partial charge is 0.335 e. The molecule has 7 heteroatoms. The number of β-amino-alcohol motifs (C(OH)–C–C–N with tert-alkyl or cyclic N) is 1. The number of carboxylic acids is 1. The molecule has 3 N–H and O–H groups in total. The van der Waals surface area contributed by atoms with Gasteiger partial charge >= 0.3 is 5.97 Å². The van der Waals surface area contributed by atoms with Gasteiger partial charge in [-0.3, -0.25) is 0 Å². The molecule has 1 aliphatic carbocycles. The number of halogens is 2. The molecule has 0 spiro atoms. The SMILES string of the molecule is Cc1cc(-c2ccccc2C(OCC(O)CNC(C)(C)Cc2ccc(Cl)c(F)c2)C2CC2)ccc1C(=O)O. The summed E-state index contributed by atoms with van der Waals surface area (Å²) in [6.07, 6.45) is 1.82. The zero-order valence-corrected chi connectivity index (χ0v) is 22.8. The monoisotopic (exact) mass is 539 g/mol. The molecule has 1 saturated carbocycles. The third kappa shape index (κ3) is 7.20. The summed E-state index contributed by atoms with van der Waals surface area (Å²) in [4.78, 5) is 11.5. The van der Waals surface area contributed by atoms with Gasteiger partial charge in [0.2, 0.25) is 0 Å². The Hall–Kier alpha value is -2.77. The number of benzene rings is 3. The number of aromatic carboxylic acids is 1. The number of aliphatic hydroxyl groups is 1. The highest BCUT2D eigenvalue weighted by Gasteiger charge is 2.35. The first-order valence-electron chi connectivity index (χ1n) is 13.0. The van der Waals surface area contributed by atoms with Gasteiger partial charge < -0.3 is 20.3 Å². The van der Waals surface area contributed by atoms with Crippen molar-refractivity contribution >= 4 is 17.6 Å². The second-order valence-corrected chi connectivity index (χ2v) is 11.3. The molecule has 2 unspecified atom stereocenters. The molecule has 5 nitrogen and oxygen atoms in total. The van der Waals surface area contributed by atoms with Crippen molar-refractivity contribution in [3.05, 3.63) is 93.8 Å². The zero-order chi connectivity index (χ0) is 27.4. The van der Waals surface area contributed by atoms with Crippen LogP contribution < -0.4 is 5.32 Å². The van der Waals surface area contributed by atoms with Crippen LogP contribution in [0.15, 0.2) is 60.7 Å². The number of aliphatic hydroxyl groups excluding tert-OH is 1. The van der Waals surface area contributed by atoms with Gasteiger partial charge in [0.15, 0.2) is 0 Å². The molecule has 1 aliphatic rings. The number of nitrogens with one attached hydrogen (secondary N) is 1. The fourth-order valence-corrected chi connectivity index (χ4v) is 4.97. The van der Waals surface area contributed by atoms with Crippen molar-refractivity contribution in [2.45, 2.75) is 57.8 Å². The molecule has 0 radical (unpaired) electrons. The van der Waals surface area contributed by atoms with Crippen LogP contribution in [-0.2, 0) is 11.2 Å². The molecule has 202 valence electrons. The van der Waals surface area contributed by atoms with Gasteiger partial charge in [0.25, 0.3) is 0 Å². The Morgan fingerprint density at radius 2 is 1.89 bits per heavy atom. The Balaban J connectivity index is 1.40. The third-order valence-corrected chi connectivity index (χ3v) is 7.31. The van der Waals surface area contributed by atoms with E-state index in [2.05, 4.69) is 11.4 Å². The van der Waals surface area contributed by atoms with Crippen molar-refractivity contribution < 1.29 is 24.1 Å². The van der Waals surface area contributed by atoms with E-state index in [-0.39, 0.29) is 23.3 Å². The Bertz CT molecular complexity index is 1290. The predicted octanol–water partition coefficient (Wildman–Crippen LogP) is 6.59. The first-order valence-corrected chi connectivity index (χ1v) is 13.3. The molecule has 0 heterocycles. The lowest BCUT2D eigenvalue weighted by molar-refractivity contribution is -0.0209. The highest BCUT2D eigenvalue weighted by Crippen LogP contribution is 2.46. The van der Waals surface area contributed by atoms with Gasteiger partial charge in [-0.25, -0.2) is 9.18 Å². The van der Waals surface area contributed by atoms with Crippen molar-refractivity contribution in [3.63, 3.8) is 0 Å². The van der Waals surface area contributed by atoms with Crippen LogP contribution in [0.25, 0.3) is 11.1 Å². The Morgan fingerprint density at radius 3 is 2.55 bits per heavy atom. The molecular formula is C31H35ClFNO4. The fraction of sp³-hybridized carbons (Fsp3) is 0.387. The molecule has 0 saturated heterocycles. The molecule has 0 aromatic heterocycles. The maximum atomic E-state index is 13.8. The second kappa shape index (κ2) is 12.0. The average Bonchev–Trinajstić information content (AvgIpc) is 3.70. The van der Waals surface area contributed by atoms with Gasteiger partial charge in [0.05, 0.1) is 29.4 Å². The van der Waals surface area contributed by atoms with E-state index >= 15 is 0 Å². The summed E-state index contributed by atoms with van der Waals surface area (Å²) in [5.74, 6) is -0.993. The van der Waals surface area contributed by atoms with Crippen LogP contribution in [0.1, 0.15) is 59.8 Å². The topological polar surface area (TPSA) is 78.8 Å². The van der Waals surface area contributed by atoms with E-state index in [1.165, 1.54) is 6.07 Å². The van der Waals surface area contributed by atoms with Gasteiger partial charge in [-0.2, -0.15) is 0 Å². The van der Waals surface area contributed by atoms with E-state index in [9.17, 15) is 19.4 Å². The second-order valence-electron chi connectivity index (χ2n) is 10.9. The quantitative estimate of drug-likeness (QED) is 0.242. The molecule has 0 aliphatic heterocycles. The Labute approximate surface area is 228 Å². The fourth-order valence-electron chi connectivity index (χ4n) is 4.85. The number of carboxylic acid groups (broad SMARTS) is 1. The summed E-state index contributed by atoms with van der Waals surface area (Å²) in [5, 5.41) is 23.6. The highest BCUT2D eigenvalue weighted by molar-refractivity contribution is 6.30. The van der Waals surface area contributed by atoms with Gasteiger partial charge in [-0.15, -0.1) is 0 Å². The summed E-state index contributed by atoms with van der Waals surface area (Å²) < 4.78 is 20.2. The van der Waals surface area contributed by atoms with Crippen LogP contribution in [-0.4, -0.2) is 41.0 Å². The van der Waals surface area contributed by atoms with E-state index in [0.717, 1.165) is 35.1 Å². The number of carbonyl (C=O) groups is 1. The van der Waals surface area contributed by atoms with E-state index < -0.39 is 17.9 Å². The lowest BCUT2D eigenvalue weighted by atomic mass is 9.92. The summed E-state index contributed by atoms with van der Waals surface area (Å²) in [5.41, 5.74) is 4.45. The Morgan fingerprint density at radius 1 is 1.16 bits per heavy atom. The molecule has 3 aromatic carbocycles. The summed E-state index contributed by atoms with van der Waals surface area (Å²) >= 11 is 5.80. The molecule has 4 rings (SSSR count). The van der Waals surface area contributed by atoms with Crippen molar-refractivity contribution in [3.8, 4) is 11.1 Å². The highest BCUT2D eigenvalue weighted by atomic mass is 35.5. The average molecular weight is 540 g/mol. The van der Waals surface area contributed by atoms with Crippen molar-refractivity contribution in [1.82, 2.24) is 5.32 Å². The first-order chi connectivity index (χ1) is 18.0. The maximum absolute atomic E-state index is 13.8.